The molecule has 1 aliphatic heterocycles. The topological polar surface area (TPSA) is 12.0 Å². The van der Waals surface area contributed by atoms with E-state index < -0.39 is 0 Å². The molecular formula is C11H13N. The molecule has 0 radical (unpaired) electrons. The molecule has 0 aromatic heterocycles. The number of benzene rings is 1. The lowest BCUT2D eigenvalue weighted by Gasteiger charge is -2.07. The van der Waals surface area contributed by atoms with Crippen LogP contribution in [0.15, 0.2) is 24.3 Å². The summed E-state index contributed by atoms with van der Waals surface area (Å²) in [4.78, 5) is 0. The van der Waals surface area contributed by atoms with E-state index in [9.17, 15) is 0 Å². The molecule has 1 saturated carbocycles. The van der Waals surface area contributed by atoms with Crippen LogP contribution in [0.25, 0.3) is 0 Å². The Bertz CT molecular complexity index is 306. The van der Waals surface area contributed by atoms with Gasteiger partial charge in [0.15, 0.2) is 0 Å². The van der Waals surface area contributed by atoms with Crippen LogP contribution >= 0.6 is 0 Å². The summed E-state index contributed by atoms with van der Waals surface area (Å²) in [6.07, 6.45) is 4.14. The molecule has 0 unspecified atom stereocenters. The Morgan fingerprint density at radius 3 is 3.08 bits per heavy atom. The molecule has 0 saturated heterocycles. The van der Waals surface area contributed by atoms with Crippen LogP contribution < -0.4 is 5.32 Å². The van der Waals surface area contributed by atoms with E-state index in [4.69, 9.17) is 0 Å². The molecule has 1 nitrogen and oxygen atoms in total. The Balaban J connectivity index is 2.09. The van der Waals surface area contributed by atoms with Crippen molar-refractivity contribution in [3.05, 3.63) is 29.8 Å². The third-order valence-electron chi connectivity index (χ3n) is 3.22. The Hall–Kier alpha value is -0.980. The quantitative estimate of drug-likeness (QED) is 0.613. The van der Waals surface area contributed by atoms with Crippen molar-refractivity contribution in [1.82, 2.24) is 0 Å². The number of rotatable bonds is 0. The third kappa shape index (κ3) is 0.739. The van der Waals surface area contributed by atoms with E-state index in [0.29, 0.717) is 0 Å². The first-order valence-electron chi connectivity index (χ1n) is 4.80. The second-order valence-corrected chi connectivity index (χ2v) is 3.88. The van der Waals surface area contributed by atoms with Crippen molar-refractivity contribution in [2.45, 2.75) is 31.2 Å². The van der Waals surface area contributed by atoms with Gasteiger partial charge in [0.2, 0.25) is 0 Å². The van der Waals surface area contributed by atoms with Crippen molar-refractivity contribution in [1.29, 1.82) is 0 Å². The van der Waals surface area contributed by atoms with Gasteiger partial charge in [0, 0.05) is 17.6 Å². The molecule has 1 heteroatoms. The van der Waals surface area contributed by atoms with Crippen LogP contribution in [0.3, 0.4) is 0 Å². The van der Waals surface area contributed by atoms with Crippen LogP contribution in [0.1, 0.15) is 30.7 Å². The lowest BCUT2D eigenvalue weighted by Crippen LogP contribution is -2.13. The summed E-state index contributed by atoms with van der Waals surface area (Å²) in [7, 11) is 0. The van der Waals surface area contributed by atoms with Gasteiger partial charge in [-0.3, -0.25) is 0 Å². The average molecular weight is 159 g/mol. The van der Waals surface area contributed by atoms with Crippen molar-refractivity contribution in [3.8, 4) is 0 Å². The molecule has 62 valence electrons. The van der Waals surface area contributed by atoms with E-state index in [1.54, 1.807) is 5.56 Å². The van der Waals surface area contributed by atoms with Crippen molar-refractivity contribution in [2.24, 2.45) is 0 Å². The molecule has 1 N–H and O–H groups in total. The van der Waals surface area contributed by atoms with Gasteiger partial charge in [-0.25, -0.2) is 0 Å². The zero-order valence-corrected chi connectivity index (χ0v) is 7.09. The van der Waals surface area contributed by atoms with E-state index >= 15 is 0 Å². The second-order valence-electron chi connectivity index (χ2n) is 3.88. The van der Waals surface area contributed by atoms with Crippen molar-refractivity contribution >= 4 is 5.69 Å². The highest BCUT2D eigenvalue weighted by molar-refractivity contribution is 5.59. The Morgan fingerprint density at radius 2 is 2.08 bits per heavy atom. The lowest BCUT2D eigenvalue weighted by molar-refractivity contribution is 0.689. The van der Waals surface area contributed by atoms with Crippen molar-refractivity contribution < 1.29 is 0 Å². The van der Waals surface area contributed by atoms with Gasteiger partial charge in [-0.2, -0.15) is 0 Å². The first-order valence-corrected chi connectivity index (χ1v) is 4.80. The maximum absolute atomic E-state index is 3.60. The molecule has 2 atom stereocenters. The molecule has 2 aliphatic rings. The average Bonchev–Trinajstić information content (AvgIpc) is 2.62. The minimum atomic E-state index is 0.752. The zero-order valence-electron chi connectivity index (χ0n) is 7.09. The van der Waals surface area contributed by atoms with Crippen molar-refractivity contribution in [3.63, 3.8) is 0 Å². The minimum Gasteiger partial charge on any atom is -0.381 e. The van der Waals surface area contributed by atoms with Crippen LogP contribution in [0.5, 0.6) is 0 Å². The summed E-state index contributed by atoms with van der Waals surface area (Å²) in [5.41, 5.74) is 2.94. The van der Waals surface area contributed by atoms with Gasteiger partial charge in [-0.15, -0.1) is 0 Å². The maximum atomic E-state index is 3.60. The summed E-state index contributed by atoms with van der Waals surface area (Å²) < 4.78 is 0. The summed E-state index contributed by atoms with van der Waals surface area (Å²) in [5, 5.41) is 3.60. The number of anilines is 1. The SMILES string of the molecule is c1ccc2c(c1)N[C@@H]1CCC[C@H]21. The molecule has 1 fully saturated rings. The first-order chi connectivity index (χ1) is 5.95. The number of fused-ring (bicyclic) bond motifs is 3. The van der Waals surface area contributed by atoms with E-state index in [1.807, 2.05) is 0 Å². The Kier molecular flexibility index (Phi) is 1.23. The number of para-hydroxylation sites is 1. The fourth-order valence-corrected chi connectivity index (χ4v) is 2.66. The number of hydrogen-bond donors (Lipinski definition) is 1. The molecule has 0 amide bonds. The van der Waals surface area contributed by atoms with Gasteiger partial charge in [0.05, 0.1) is 0 Å². The minimum absolute atomic E-state index is 0.752. The van der Waals surface area contributed by atoms with Crippen LogP contribution in [0, 0.1) is 0 Å². The van der Waals surface area contributed by atoms with Gasteiger partial charge in [0.25, 0.3) is 0 Å². The van der Waals surface area contributed by atoms with Gasteiger partial charge in [-0.1, -0.05) is 24.6 Å². The van der Waals surface area contributed by atoms with Gasteiger partial charge < -0.3 is 5.32 Å². The fourth-order valence-electron chi connectivity index (χ4n) is 2.66. The number of nitrogens with one attached hydrogen (secondary N) is 1. The van der Waals surface area contributed by atoms with E-state index in [2.05, 4.69) is 29.6 Å². The summed E-state index contributed by atoms with van der Waals surface area (Å²) in [6.45, 7) is 0. The lowest BCUT2D eigenvalue weighted by atomic mass is 9.98. The smallest absolute Gasteiger partial charge is 0.0378 e. The molecule has 0 bridgehead atoms. The van der Waals surface area contributed by atoms with Crippen LogP contribution in [0.2, 0.25) is 0 Å². The van der Waals surface area contributed by atoms with Crippen LogP contribution in [0.4, 0.5) is 5.69 Å². The Morgan fingerprint density at radius 1 is 1.17 bits per heavy atom. The highest BCUT2D eigenvalue weighted by atomic mass is 15.0. The van der Waals surface area contributed by atoms with Crippen LogP contribution in [-0.4, -0.2) is 6.04 Å². The van der Waals surface area contributed by atoms with Crippen molar-refractivity contribution in [2.75, 3.05) is 5.32 Å². The summed E-state index contributed by atoms with van der Waals surface area (Å²) in [6, 6.07) is 9.50. The van der Waals surface area contributed by atoms with E-state index in [0.717, 1.165) is 12.0 Å². The van der Waals surface area contributed by atoms with Gasteiger partial charge in [0.1, 0.15) is 0 Å². The predicted octanol–water partition coefficient (Wildman–Crippen LogP) is 2.75. The largest absolute Gasteiger partial charge is 0.381 e. The molecule has 3 rings (SSSR count). The molecule has 0 spiro atoms. The molecule has 12 heavy (non-hydrogen) atoms. The third-order valence-corrected chi connectivity index (χ3v) is 3.22. The van der Waals surface area contributed by atoms with E-state index in [-0.39, 0.29) is 0 Å². The van der Waals surface area contributed by atoms with Gasteiger partial charge in [-0.05, 0) is 24.5 Å². The highest BCUT2D eigenvalue weighted by Crippen LogP contribution is 2.44. The van der Waals surface area contributed by atoms with E-state index in [1.165, 1.54) is 24.9 Å². The highest BCUT2D eigenvalue weighted by Gasteiger charge is 2.34. The first kappa shape index (κ1) is 6.53. The normalized spacial score (nSPS) is 31.0. The monoisotopic (exact) mass is 159 g/mol. The zero-order chi connectivity index (χ0) is 7.97. The summed E-state index contributed by atoms with van der Waals surface area (Å²) in [5.74, 6) is 0.821. The Labute approximate surface area is 72.8 Å². The molecular weight excluding hydrogens is 146 g/mol. The van der Waals surface area contributed by atoms with Crippen LogP contribution in [-0.2, 0) is 0 Å². The fraction of sp³-hybridized carbons (Fsp3) is 0.455. The van der Waals surface area contributed by atoms with Gasteiger partial charge >= 0.3 is 0 Å². The second kappa shape index (κ2) is 2.25. The summed E-state index contributed by atoms with van der Waals surface area (Å²) >= 11 is 0. The predicted molar refractivity (Wildman–Crippen MR) is 50.4 cm³/mol. The maximum Gasteiger partial charge on any atom is 0.0378 e. The number of hydrogen-bond acceptors (Lipinski definition) is 1. The molecule has 1 aromatic carbocycles. The molecule has 1 aliphatic carbocycles. The molecule has 1 heterocycles. The standard InChI is InChI=1S/C11H13N/c1-2-6-10-8(4-1)9-5-3-7-11(9)12-10/h1-2,4,6,9,11-12H,3,5,7H2/t9-,11-/m1/s1. The molecule has 1 aromatic rings.